The van der Waals surface area contributed by atoms with Gasteiger partial charge in [0.2, 0.25) is 11.0 Å². The van der Waals surface area contributed by atoms with Crippen LogP contribution in [0.25, 0.3) is 0 Å². The molecule has 0 unspecified atom stereocenters. The Morgan fingerprint density at radius 1 is 0.886 bits per heavy atom. The van der Waals surface area contributed by atoms with Gasteiger partial charge < -0.3 is 5.32 Å². The number of benzene rings is 3. The standard InChI is InChI=1S/C25H19FN4O3S2/c1-15-10-12-16(13-11-15)22(32)17-6-2-3-7-18(17)23(33)28-24-29-30-25(35-24)34-14-21(31)27-20-9-5-4-8-19(20)26/h2-13H,14H2,1H3,(H,27,31)(H,28,29,33). The third-order valence-corrected chi connectivity index (χ3v) is 6.80. The van der Waals surface area contributed by atoms with Gasteiger partial charge in [-0.05, 0) is 25.1 Å². The third-order valence-electron chi connectivity index (χ3n) is 4.83. The summed E-state index contributed by atoms with van der Waals surface area (Å²) in [5.74, 6) is -1.68. The maximum Gasteiger partial charge on any atom is 0.258 e. The Labute approximate surface area is 208 Å². The molecule has 4 rings (SSSR count). The lowest BCUT2D eigenvalue weighted by Gasteiger charge is -2.08. The molecule has 7 nitrogen and oxygen atoms in total. The van der Waals surface area contributed by atoms with Crippen molar-refractivity contribution in [3.05, 3.63) is 101 Å². The molecular formula is C25H19FN4O3S2. The van der Waals surface area contributed by atoms with E-state index in [1.54, 1.807) is 42.5 Å². The second-order valence-corrected chi connectivity index (χ2v) is 9.58. The first-order chi connectivity index (χ1) is 16.9. The van der Waals surface area contributed by atoms with E-state index in [1.165, 1.54) is 18.2 Å². The minimum absolute atomic E-state index is 0.00913. The average molecular weight is 507 g/mol. The van der Waals surface area contributed by atoms with Gasteiger partial charge in [-0.15, -0.1) is 10.2 Å². The highest BCUT2D eigenvalue weighted by Gasteiger charge is 2.19. The summed E-state index contributed by atoms with van der Waals surface area (Å²) in [6.45, 7) is 1.93. The summed E-state index contributed by atoms with van der Waals surface area (Å²) in [5.41, 5.74) is 2.10. The van der Waals surface area contributed by atoms with Gasteiger partial charge in [-0.1, -0.05) is 83.3 Å². The van der Waals surface area contributed by atoms with Gasteiger partial charge in [0.05, 0.1) is 17.0 Å². The lowest BCUT2D eigenvalue weighted by atomic mass is 9.97. The minimum atomic E-state index is -0.520. The Morgan fingerprint density at radius 2 is 1.57 bits per heavy atom. The number of halogens is 1. The van der Waals surface area contributed by atoms with Crippen LogP contribution >= 0.6 is 23.1 Å². The quantitative estimate of drug-likeness (QED) is 0.194. The van der Waals surface area contributed by atoms with Gasteiger partial charge in [0, 0.05) is 11.1 Å². The van der Waals surface area contributed by atoms with Crippen LogP contribution < -0.4 is 10.6 Å². The molecule has 0 atom stereocenters. The highest BCUT2D eigenvalue weighted by molar-refractivity contribution is 8.01. The van der Waals surface area contributed by atoms with Crippen LogP contribution in [-0.4, -0.2) is 33.5 Å². The first kappa shape index (κ1) is 24.2. The predicted octanol–water partition coefficient (Wildman–Crippen LogP) is 5.20. The molecule has 0 radical (unpaired) electrons. The Kier molecular flexibility index (Phi) is 7.64. The highest BCUT2D eigenvalue weighted by Crippen LogP contribution is 2.26. The van der Waals surface area contributed by atoms with E-state index in [1.807, 2.05) is 19.1 Å². The van der Waals surface area contributed by atoms with Gasteiger partial charge in [-0.25, -0.2) is 4.39 Å². The lowest BCUT2D eigenvalue weighted by molar-refractivity contribution is -0.113. The molecule has 1 aromatic heterocycles. The normalized spacial score (nSPS) is 10.6. The molecule has 4 aromatic rings. The summed E-state index contributed by atoms with van der Waals surface area (Å²) >= 11 is 2.20. The second kappa shape index (κ2) is 11.0. The van der Waals surface area contributed by atoms with Crippen LogP contribution in [0.5, 0.6) is 0 Å². The number of hydrogen-bond acceptors (Lipinski definition) is 7. The topological polar surface area (TPSA) is 101 Å². The van der Waals surface area contributed by atoms with E-state index < -0.39 is 17.6 Å². The number of ketones is 1. The number of hydrogen-bond donors (Lipinski definition) is 2. The number of aryl methyl sites for hydroxylation is 1. The van der Waals surface area contributed by atoms with Crippen LogP contribution in [0, 0.1) is 12.7 Å². The number of thioether (sulfide) groups is 1. The molecule has 0 aliphatic rings. The Hall–Kier alpha value is -3.89. The number of aromatic nitrogens is 2. The molecule has 0 fully saturated rings. The second-order valence-electron chi connectivity index (χ2n) is 7.38. The van der Waals surface area contributed by atoms with E-state index in [0.717, 1.165) is 28.7 Å². The Balaban J connectivity index is 1.39. The molecule has 0 aliphatic carbocycles. The van der Waals surface area contributed by atoms with Crippen molar-refractivity contribution >= 4 is 51.5 Å². The summed E-state index contributed by atoms with van der Waals surface area (Å²) in [6, 6.07) is 19.6. The third kappa shape index (κ3) is 6.17. The van der Waals surface area contributed by atoms with E-state index >= 15 is 0 Å². The van der Waals surface area contributed by atoms with Crippen LogP contribution in [0.1, 0.15) is 31.8 Å². The molecule has 2 amide bonds. The van der Waals surface area contributed by atoms with Gasteiger partial charge >= 0.3 is 0 Å². The van der Waals surface area contributed by atoms with E-state index in [-0.39, 0.29) is 33.5 Å². The van der Waals surface area contributed by atoms with Crippen LogP contribution in [0.2, 0.25) is 0 Å². The van der Waals surface area contributed by atoms with Crippen LogP contribution in [0.3, 0.4) is 0 Å². The zero-order chi connectivity index (χ0) is 24.8. The fourth-order valence-electron chi connectivity index (χ4n) is 3.10. The van der Waals surface area contributed by atoms with Crippen molar-refractivity contribution in [1.82, 2.24) is 10.2 Å². The van der Waals surface area contributed by atoms with Gasteiger partial charge in [-0.3, -0.25) is 19.7 Å². The zero-order valence-electron chi connectivity index (χ0n) is 18.4. The molecule has 0 spiro atoms. The van der Waals surface area contributed by atoms with Crippen molar-refractivity contribution in [1.29, 1.82) is 0 Å². The van der Waals surface area contributed by atoms with Crippen molar-refractivity contribution < 1.29 is 18.8 Å². The van der Waals surface area contributed by atoms with E-state index in [9.17, 15) is 18.8 Å². The van der Waals surface area contributed by atoms with Gasteiger partial charge in [0.15, 0.2) is 10.1 Å². The van der Waals surface area contributed by atoms with Gasteiger partial charge in [-0.2, -0.15) is 0 Å². The molecule has 10 heteroatoms. The molecule has 0 saturated heterocycles. The SMILES string of the molecule is Cc1ccc(C(=O)c2ccccc2C(=O)Nc2nnc(SCC(=O)Nc3ccccc3F)s2)cc1. The summed E-state index contributed by atoms with van der Waals surface area (Å²) in [7, 11) is 0. The van der Waals surface area contributed by atoms with E-state index in [4.69, 9.17) is 0 Å². The highest BCUT2D eigenvalue weighted by atomic mass is 32.2. The fraction of sp³-hybridized carbons (Fsp3) is 0.0800. The molecule has 3 aromatic carbocycles. The number of nitrogens with zero attached hydrogens (tertiary/aromatic N) is 2. The summed E-state index contributed by atoms with van der Waals surface area (Å²) in [4.78, 5) is 38.0. The first-order valence-corrected chi connectivity index (χ1v) is 12.2. The van der Waals surface area contributed by atoms with Crippen molar-refractivity contribution in [3.63, 3.8) is 0 Å². The number of anilines is 2. The molecule has 1 heterocycles. The smallest absolute Gasteiger partial charge is 0.258 e. The number of para-hydroxylation sites is 1. The molecule has 2 N–H and O–H groups in total. The molecule has 176 valence electrons. The average Bonchev–Trinajstić information content (AvgIpc) is 3.31. The number of rotatable bonds is 8. The van der Waals surface area contributed by atoms with Gasteiger partial charge in [0.25, 0.3) is 5.91 Å². The summed E-state index contributed by atoms with van der Waals surface area (Å²) in [6.07, 6.45) is 0. The van der Waals surface area contributed by atoms with Crippen LogP contribution in [0.15, 0.2) is 77.1 Å². The van der Waals surface area contributed by atoms with Crippen molar-refractivity contribution in [3.8, 4) is 0 Å². The number of nitrogens with one attached hydrogen (secondary N) is 2. The van der Waals surface area contributed by atoms with Crippen LogP contribution in [-0.2, 0) is 4.79 Å². The molecule has 0 aliphatic heterocycles. The van der Waals surface area contributed by atoms with Crippen molar-refractivity contribution in [2.75, 3.05) is 16.4 Å². The summed E-state index contributed by atoms with van der Waals surface area (Å²) < 4.78 is 14.1. The molecule has 0 saturated carbocycles. The van der Waals surface area contributed by atoms with E-state index in [2.05, 4.69) is 20.8 Å². The number of carbonyl (C=O) groups excluding carboxylic acids is 3. The van der Waals surface area contributed by atoms with Crippen molar-refractivity contribution in [2.24, 2.45) is 0 Å². The maximum atomic E-state index is 13.7. The molecule has 35 heavy (non-hydrogen) atoms. The summed E-state index contributed by atoms with van der Waals surface area (Å²) in [5, 5.41) is 13.3. The minimum Gasteiger partial charge on any atom is -0.323 e. The van der Waals surface area contributed by atoms with Crippen LogP contribution in [0.4, 0.5) is 15.2 Å². The molecular weight excluding hydrogens is 487 g/mol. The van der Waals surface area contributed by atoms with E-state index in [0.29, 0.717) is 9.90 Å². The molecule has 0 bridgehead atoms. The fourth-order valence-corrected chi connectivity index (χ4v) is 4.65. The van der Waals surface area contributed by atoms with Gasteiger partial charge in [0.1, 0.15) is 5.82 Å². The number of carbonyl (C=O) groups is 3. The Morgan fingerprint density at radius 3 is 2.31 bits per heavy atom. The largest absolute Gasteiger partial charge is 0.323 e. The predicted molar refractivity (Wildman–Crippen MR) is 135 cm³/mol. The zero-order valence-corrected chi connectivity index (χ0v) is 20.1. The number of amides is 2. The first-order valence-electron chi connectivity index (χ1n) is 10.4. The Bertz CT molecular complexity index is 1390. The lowest BCUT2D eigenvalue weighted by Crippen LogP contribution is -2.16. The van der Waals surface area contributed by atoms with Crippen molar-refractivity contribution in [2.45, 2.75) is 11.3 Å². The monoisotopic (exact) mass is 506 g/mol. The maximum absolute atomic E-state index is 13.7.